The molecule has 0 saturated carbocycles. The average molecular weight is 787 g/mol. The molecule has 6 nitrogen and oxygen atoms in total. The monoisotopic (exact) mass is 787 g/mol. The van der Waals surface area contributed by atoms with Crippen molar-refractivity contribution < 1.29 is 28.6 Å². The largest absolute Gasteiger partial charge is 0.462 e. The van der Waals surface area contributed by atoms with Crippen molar-refractivity contribution >= 4 is 17.9 Å². The second-order valence-electron chi connectivity index (χ2n) is 16.0. The highest BCUT2D eigenvalue weighted by molar-refractivity contribution is 5.71. The molecule has 0 aromatic rings. The predicted molar refractivity (Wildman–Crippen MR) is 238 cm³/mol. The van der Waals surface area contributed by atoms with Gasteiger partial charge in [0.2, 0.25) is 0 Å². The first-order valence-corrected chi connectivity index (χ1v) is 24.0. The molecule has 0 amide bonds. The summed E-state index contributed by atoms with van der Waals surface area (Å²) in [7, 11) is 0. The van der Waals surface area contributed by atoms with Gasteiger partial charge in [0.15, 0.2) is 6.10 Å². The number of esters is 3. The maximum absolute atomic E-state index is 12.7. The van der Waals surface area contributed by atoms with Gasteiger partial charge in [-0.25, -0.2) is 0 Å². The van der Waals surface area contributed by atoms with Crippen LogP contribution in [0.4, 0.5) is 0 Å². The Morgan fingerprint density at radius 3 is 1.05 bits per heavy atom. The molecule has 0 fully saturated rings. The van der Waals surface area contributed by atoms with Crippen LogP contribution in [0.3, 0.4) is 0 Å². The number of unbranched alkanes of at least 4 members (excludes halogenated alkanes) is 26. The minimum Gasteiger partial charge on any atom is -0.462 e. The van der Waals surface area contributed by atoms with E-state index >= 15 is 0 Å². The molecule has 0 saturated heterocycles. The van der Waals surface area contributed by atoms with Crippen molar-refractivity contribution in [2.45, 2.75) is 252 Å². The van der Waals surface area contributed by atoms with Crippen molar-refractivity contribution in [3.63, 3.8) is 0 Å². The summed E-state index contributed by atoms with van der Waals surface area (Å²) in [4.78, 5) is 37.8. The van der Waals surface area contributed by atoms with E-state index in [1.807, 2.05) is 0 Å². The zero-order chi connectivity index (χ0) is 40.8. The Labute approximate surface area is 346 Å². The molecule has 0 aliphatic heterocycles. The Kier molecular flexibility index (Phi) is 43.4. The number of rotatable bonds is 43. The number of hydrogen-bond acceptors (Lipinski definition) is 6. The van der Waals surface area contributed by atoms with E-state index in [1.165, 1.54) is 122 Å². The van der Waals surface area contributed by atoms with E-state index in [4.69, 9.17) is 14.2 Å². The lowest BCUT2D eigenvalue weighted by atomic mass is 10.0. The third-order valence-electron chi connectivity index (χ3n) is 10.4. The molecule has 56 heavy (non-hydrogen) atoms. The highest BCUT2D eigenvalue weighted by Crippen LogP contribution is 2.15. The Hall–Kier alpha value is -2.37. The van der Waals surface area contributed by atoms with E-state index in [0.29, 0.717) is 19.3 Å². The van der Waals surface area contributed by atoms with Crippen LogP contribution in [0.5, 0.6) is 0 Å². The molecule has 0 radical (unpaired) electrons. The lowest BCUT2D eigenvalue weighted by Gasteiger charge is -2.18. The molecule has 0 aliphatic rings. The SMILES string of the molecule is CCCC/C=C\C/C=C\CCCCCCCC(=O)OC[C@@H](COC(=O)CCCCCCC/C=C\CCCC)OC(=O)CCCCCCCCCCCCCCC. The van der Waals surface area contributed by atoms with Crippen molar-refractivity contribution in [1.82, 2.24) is 0 Å². The molecule has 0 spiro atoms. The maximum Gasteiger partial charge on any atom is 0.306 e. The van der Waals surface area contributed by atoms with Crippen molar-refractivity contribution in [3.8, 4) is 0 Å². The molecule has 0 aromatic heterocycles. The van der Waals surface area contributed by atoms with Crippen molar-refractivity contribution in [1.29, 1.82) is 0 Å². The highest BCUT2D eigenvalue weighted by Gasteiger charge is 2.19. The van der Waals surface area contributed by atoms with E-state index in [9.17, 15) is 14.4 Å². The Balaban J connectivity index is 4.38. The fourth-order valence-corrected chi connectivity index (χ4v) is 6.67. The van der Waals surface area contributed by atoms with Gasteiger partial charge in [0.05, 0.1) is 0 Å². The molecule has 1 atom stereocenters. The first kappa shape index (κ1) is 53.6. The smallest absolute Gasteiger partial charge is 0.306 e. The first-order valence-electron chi connectivity index (χ1n) is 24.0. The van der Waals surface area contributed by atoms with E-state index < -0.39 is 6.10 Å². The van der Waals surface area contributed by atoms with Crippen LogP contribution in [-0.4, -0.2) is 37.2 Å². The van der Waals surface area contributed by atoms with Crippen LogP contribution in [0, 0.1) is 0 Å². The van der Waals surface area contributed by atoms with Crippen molar-refractivity contribution in [2.75, 3.05) is 13.2 Å². The zero-order valence-electron chi connectivity index (χ0n) is 37.2. The van der Waals surface area contributed by atoms with E-state index in [0.717, 1.165) is 83.5 Å². The maximum atomic E-state index is 12.7. The van der Waals surface area contributed by atoms with Crippen molar-refractivity contribution in [3.05, 3.63) is 36.5 Å². The molecule has 0 N–H and O–H groups in total. The Morgan fingerprint density at radius 2 is 0.661 bits per heavy atom. The highest BCUT2D eigenvalue weighted by atomic mass is 16.6. The summed E-state index contributed by atoms with van der Waals surface area (Å²) in [5, 5.41) is 0. The minimum atomic E-state index is -0.775. The molecule has 0 unspecified atom stereocenters. The van der Waals surface area contributed by atoms with Gasteiger partial charge in [-0.3, -0.25) is 14.4 Å². The molecular formula is C50H90O6. The van der Waals surface area contributed by atoms with Crippen LogP contribution in [0.15, 0.2) is 36.5 Å². The summed E-state index contributed by atoms with van der Waals surface area (Å²) in [5.41, 5.74) is 0. The van der Waals surface area contributed by atoms with Crippen molar-refractivity contribution in [2.24, 2.45) is 0 Å². The Bertz CT molecular complexity index is 953. The van der Waals surface area contributed by atoms with Gasteiger partial charge in [0.25, 0.3) is 0 Å². The number of carbonyl (C=O) groups excluding carboxylic acids is 3. The van der Waals surface area contributed by atoms with Gasteiger partial charge >= 0.3 is 17.9 Å². The molecule has 0 aromatic carbocycles. The van der Waals surface area contributed by atoms with Gasteiger partial charge in [0, 0.05) is 19.3 Å². The quantitative estimate of drug-likeness (QED) is 0.0265. The van der Waals surface area contributed by atoms with Gasteiger partial charge in [0.1, 0.15) is 13.2 Å². The summed E-state index contributed by atoms with van der Waals surface area (Å²) in [6, 6.07) is 0. The summed E-state index contributed by atoms with van der Waals surface area (Å²) in [5.74, 6) is -0.897. The van der Waals surface area contributed by atoms with Crippen LogP contribution < -0.4 is 0 Å². The summed E-state index contributed by atoms with van der Waals surface area (Å²) >= 11 is 0. The van der Waals surface area contributed by atoms with Crippen LogP contribution in [0.25, 0.3) is 0 Å². The lowest BCUT2D eigenvalue weighted by Crippen LogP contribution is -2.30. The minimum absolute atomic E-state index is 0.0790. The zero-order valence-corrected chi connectivity index (χ0v) is 37.2. The number of carbonyl (C=O) groups is 3. The molecular weight excluding hydrogens is 697 g/mol. The summed E-state index contributed by atoms with van der Waals surface area (Å²) in [6.07, 6.45) is 51.2. The van der Waals surface area contributed by atoms with Gasteiger partial charge in [-0.1, -0.05) is 198 Å². The topological polar surface area (TPSA) is 78.9 Å². The molecule has 0 aliphatic carbocycles. The van der Waals surface area contributed by atoms with Crippen LogP contribution in [0.2, 0.25) is 0 Å². The normalized spacial score (nSPS) is 12.3. The number of ether oxygens (including phenoxy) is 3. The van der Waals surface area contributed by atoms with E-state index in [-0.39, 0.29) is 31.1 Å². The van der Waals surface area contributed by atoms with Gasteiger partial charge in [-0.15, -0.1) is 0 Å². The molecule has 0 heterocycles. The molecule has 0 rings (SSSR count). The number of hydrogen-bond donors (Lipinski definition) is 0. The summed E-state index contributed by atoms with van der Waals surface area (Å²) in [6.45, 7) is 6.54. The average Bonchev–Trinajstić information content (AvgIpc) is 3.19. The third kappa shape index (κ3) is 42.8. The fraction of sp³-hybridized carbons (Fsp3) is 0.820. The lowest BCUT2D eigenvalue weighted by molar-refractivity contribution is -0.167. The van der Waals surface area contributed by atoms with Crippen LogP contribution in [-0.2, 0) is 28.6 Å². The second-order valence-corrected chi connectivity index (χ2v) is 16.0. The van der Waals surface area contributed by atoms with E-state index in [2.05, 4.69) is 57.2 Å². The number of allylic oxidation sites excluding steroid dienone is 6. The standard InChI is InChI=1S/C50H90O6/c1-4-7-10-13-16-19-22-24-26-28-31-34-37-40-43-49(52)55-46-47(45-54-48(51)42-39-36-33-30-27-21-18-15-12-9-6-3)56-50(53)44-41-38-35-32-29-25-23-20-17-14-11-8-5-2/h13,15-16,18,22,24,47H,4-12,14,17,19-21,23,25-46H2,1-3H3/b16-13-,18-15-,24-22-/t47-/m1/s1. The fourth-order valence-electron chi connectivity index (χ4n) is 6.67. The predicted octanol–water partition coefficient (Wildman–Crippen LogP) is 15.4. The summed E-state index contributed by atoms with van der Waals surface area (Å²) < 4.78 is 16.7. The Morgan fingerprint density at radius 1 is 0.357 bits per heavy atom. The molecule has 6 heteroatoms. The molecule has 0 bridgehead atoms. The molecule has 326 valence electrons. The van der Waals surface area contributed by atoms with Gasteiger partial charge in [-0.05, 0) is 64.2 Å². The van der Waals surface area contributed by atoms with E-state index in [1.54, 1.807) is 0 Å². The van der Waals surface area contributed by atoms with Crippen LogP contribution >= 0.6 is 0 Å². The second kappa shape index (κ2) is 45.3. The first-order chi connectivity index (χ1) is 27.5. The van der Waals surface area contributed by atoms with Gasteiger partial charge in [-0.2, -0.15) is 0 Å². The van der Waals surface area contributed by atoms with Gasteiger partial charge < -0.3 is 14.2 Å². The van der Waals surface area contributed by atoms with Crippen LogP contribution in [0.1, 0.15) is 245 Å². The third-order valence-corrected chi connectivity index (χ3v) is 10.4.